The van der Waals surface area contributed by atoms with Gasteiger partial charge in [-0.25, -0.2) is 4.39 Å². The molecule has 0 aliphatic heterocycles. The second-order valence-corrected chi connectivity index (χ2v) is 7.22. The summed E-state index contributed by atoms with van der Waals surface area (Å²) in [6, 6.07) is 13.2. The highest BCUT2D eigenvalue weighted by molar-refractivity contribution is 6.30. The predicted molar refractivity (Wildman–Crippen MR) is 103 cm³/mol. The van der Waals surface area contributed by atoms with Crippen LogP contribution in [0.5, 0.6) is 0 Å². The second kappa shape index (κ2) is 8.53. The van der Waals surface area contributed by atoms with Gasteiger partial charge in [0, 0.05) is 18.1 Å². The molecule has 27 heavy (non-hydrogen) atoms. The average Bonchev–Trinajstić information content (AvgIpc) is 3.17. The molecule has 2 amide bonds. The number of rotatable bonds is 6. The number of halogens is 2. The SMILES string of the molecule is O=C(NCCNC(=O)C1(c2ccc(Cl)cc2)CCCC1)c1ccccc1F. The lowest BCUT2D eigenvalue weighted by atomic mass is 9.78. The third kappa shape index (κ3) is 4.30. The van der Waals surface area contributed by atoms with Gasteiger partial charge in [0.1, 0.15) is 5.82 Å². The molecule has 0 saturated heterocycles. The third-order valence-electron chi connectivity index (χ3n) is 5.10. The fourth-order valence-corrected chi connectivity index (χ4v) is 3.78. The van der Waals surface area contributed by atoms with Gasteiger partial charge in [-0.1, -0.05) is 48.7 Å². The minimum Gasteiger partial charge on any atom is -0.354 e. The topological polar surface area (TPSA) is 58.2 Å². The summed E-state index contributed by atoms with van der Waals surface area (Å²) in [4.78, 5) is 24.9. The van der Waals surface area contributed by atoms with E-state index < -0.39 is 17.1 Å². The molecule has 1 aliphatic rings. The summed E-state index contributed by atoms with van der Waals surface area (Å²) < 4.78 is 13.6. The molecule has 3 rings (SSSR count). The van der Waals surface area contributed by atoms with Crippen LogP contribution in [0.25, 0.3) is 0 Å². The van der Waals surface area contributed by atoms with E-state index in [0.717, 1.165) is 31.2 Å². The summed E-state index contributed by atoms with van der Waals surface area (Å²) >= 11 is 5.97. The van der Waals surface area contributed by atoms with Crippen LogP contribution in [0.1, 0.15) is 41.6 Å². The van der Waals surface area contributed by atoms with Gasteiger partial charge in [0.15, 0.2) is 0 Å². The van der Waals surface area contributed by atoms with Crippen LogP contribution in [0.2, 0.25) is 5.02 Å². The van der Waals surface area contributed by atoms with Crippen LogP contribution in [0.3, 0.4) is 0 Å². The van der Waals surface area contributed by atoms with Crippen LogP contribution in [0.15, 0.2) is 48.5 Å². The van der Waals surface area contributed by atoms with Gasteiger partial charge in [0.25, 0.3) is 5.91 Å². The van der Waals surface area contributed by atoms with Crippen molar-refractivity contribution in [2.75, 3.05) is 13.1 Å². The molecular weight excluding hydrogens is 367 g/mol. The van der Waals surface area contributed by atoms with E-state index in [1.807, 2.05) is 12.1 Å². The van der Waals surface area contributed by atoms with Crippen LogP contribution >= 0.6 is 11.6 Å². The van der Waals surface area contributed by atoms with Crippen molar-refractivity contribution in [3.05, 3.63) is 70.5 Å². The van der Waals surface area contributed by atoms with Crippen LogP contribution in [-0.2, 0) is 10.2 Å². The van der Waals surface area contributed by atoms with Gasteiger partial charge in [-0.15, -0.1) is 0 Å². The van der Waals surface area contributed by atoms with E-state index >= 15 is 0 Å². The highest BCUT2D eigenvalue weighted by Crippen LogP contribution is 2.41. The van der Waals surface area contributed by atoms with E-state index in [9.17, 15) is 14.0 Å². The fourth-order valence-electron chi connectivity index (χ4n) is 3.66. The summed E-state index contributed by atoms with van der Waals surface area (Å²) in [5.74, 6) is -1.09. The number of nitrogens with one attached hydrogen (secondary N) is 2. The van der Waals surface area contributed by atoms with Gasteiger partial charge in [0.2, 0.25) is 5.91 Å². The number of carbonyl (C=O) groups excluding carboxylic acids is 2. The molecule has 0 unspecified atom stereocenters. The number of carbonyl (C=O) groups is 2. The lowest BCUT2D eigenvalue weighted by molar-refractivity contribution is -0.126. The van der Waals surface area contributed by atoms with Crippen LogP contribution in [0, 0.1) is 5.82 Å². The van der Waals surface area contributed by atoms with Crippen molar-refractivity contribution in [3.63, 3.8) is 0 Å². The molecule has 2 aromatic carbocycles. The molecule has 2 N–H and O–H groups in total. The van der Waals surface area contributed by atoms with Gasteiger partial charge in [-0.05, 0) is 42.7 Å². The summed E-state index contributed by atoms with van der Waals surface area (Å²) in [5.41, 5.74) is 0.426. The molecule has 0 atom stereocenters. The molecule has 1 fully saturated rings. The van der Waals surface area contributed by atoms with E-state index in [0.29, 0.717) is 5.02 Å². The molecule has 0 bridgehead atoms. The molecule has 0 heterocycles. The quantitative estimate of drug-likeness (QED) is 0.739. The Bertz CT molecular complexity index is 817. The summed E-state index contributed by atoms with van der Waals surface area (Å²) in [6.45, 7) is 0.518. The third-order valence-corrected chi connectivity index (χ3v) is 5.36. The Morgan fingerprint density at radius 3 is 2.26 bits per heavy atom. The van der Waals surface area contributed by atoms with Crippen LogP contribution in [-0.4, -0.2) is 24.9 Å². The maximum Gasteiger partial charge on any atom is 0.254 e. The van der Waals surface area contributed by atoms with Gasteiger partial charge in [-0.2, -0.15) is 0 Å². The Morgan fingerprint density at radius 1 is 0.963 bits per heavy atom. The van der Waals surface area contributed by atoms with E-state index in [-0.39, 0.29) is 24.6 Å². The van der Waals surface area contributed by atoms with E-state index in [4.69, 9.17) is 11.6 Å². The lowest BCUT2D eigenvalue weighted by Crippen LogP contribution is -2.45. The van der Waals surface area contributed by atoms with Crippen molar-refractivity contribution in [3.8, 4) is 0 Å². The molecule has 4 nitrogen and oxygen atoms in total. The fraction of sp³-hybridized carbons (Fsp3) is 0.333. The molecule has 6 heteroatoms. The van der Waals surface area contributed by atoms with E-state index in [1.165, 1.54) is 18.2 Å². The summed E-state index contributed by atoms with van der Waals surface area (Å²) in [6.07, 6.45) is 3.59. The highest BCUT2D eigenvalue weighted by Gasteiger charge is 2.42. The van der Waals surface area contributed by atoms with Crippen molar-refractivity contribution in [1.82, 2.24) is 10.6 Å². The molecule has 142 valence electrons. The minimum absolute atomic E-state index is 0.00254. The van der Waals surface area contributed by atoms with E-state index in [1.54, 1.807) is 18.2 Å². The Balaban J connectivity index is 1.57. The number of amides is 2. The first-order valence-electron chi connectivity index (χ1n) is 9.10. The van der Waals surface area contributed by atoms with Crippen molar-refractivity contribution >= 4 is 23.4 Å². The molecule has 0 radical (unpaired) electrons. The number of hydrogen-bond acceptors (Lipinski definition) is 2. The molecule has 2 aromatic rings. The molecule has 0 spiro atoms. The maximum absolute atomic E-state index is 13.6. The standard InChI is InChI=1S/C21H22ClFN2O2/c22-16-9-7-15(8-10-16)21(11-3-4-12-21)20(27)25-14-13-24-19(26)17-5-1-2-6-18(17)23/h1-2,5-10H,3-4,11-14H2,(H,24,26)(H,25,27). The molecular formula is C21H22ClFN2O2. The van der Waals surface area contributed by atoms with Crippen molar-refractivity contribution in [2.45, 2.75) is 31.1 Å². The first-order chi connectivity index (χ1) is 13.0. The lowest BCUT2D eigenvalue weighted by Gasteiger charge is -2.28. The van der Waals surface area contributed by atoms with Crippen molar-refractivity contribution < 1.29 is 14.0 Å². The average molecular weight is 389 g/mol. The van der Waals surface area contributed by atoms with Gasteiger partial charge < -0.3 is 10.6 Å². The molecule has 1 saturated carbocycles. The molecule has 0 aromatic heterocycles. The monoisotopic (exact) mass is 388 g/mol. The minimum atomic E-state index is -0.563. The first-order valence-corrected chi connectivity index (χ1v) is 9.48. The Kier molecular flexibility index (Phi) is 6.11. The zero-order valence-corrected chi connectivity index (χ0v) is 15.7. The predicted octanol–water partition coefficient (Wildman–Crippen LogP) is 3.84. The van der Waals surface area contributed by atoms with Gasteiger partial charge in [0.05, 0.1) is 11.0 Å². The molecule has 1 aliphatic carbocycles. The Hall–Kier alpha value is -2.40. The van der Waals surface area contributed by atoms with E-state index in [2.05, 4.69) is 10.6 Å². The normalized spacial score (nSPS) is 15.3. The largest absolute Gasteiger partial charge is 0.354 e. The van der Waals surface area contributed by atoms with Crippen molar-refractivity contribution in [2.24, 2.45) is 0 Å². The number of benzene rings is 2. The van der Waals surface area contributed by atoms with Gasteiger partial charge >= 0.3 is 0 Å². The smallest absolute Gasteiger partial charge is 0.254 e. The Morgan fingerprint density at radius 2 is 1.59 bits per heavy atom. The van der Waals surface area contributed by atoms with Crippen LogP contribution in [0.4, 0.5) is 4.39 Å². The summed E-state index contributed by atoms with van der Waals surface area (Å²) in [7, 11) is 0. The first kappa shape index (κ1) is 19.4. The highest BCUT2D eigenvalue weighted by atomic mass is 35.5. The van der Waals surface area contributed by atoms with Crippen LogP contribution < -0.4 is 10.6 Å². The van der Waals surface area contributed by atoms with Crippen molar-refractivity contribution in [1.29, 1.82) is 0 Å². The Labute approximate surface area is 163 Å². The van der Waals surface area contributed by atoms with Gasteiger partial charge in [-0.3, -0.25) is 9.59 Å². The number of hydrogen-bond donors (Lipinski definition) is 2. The second-order valence-electron chi connectivity index (χ2n) is 6.79. The zero-order valence-electron chi connectivity index (χ0n) is 14.9. The summed E-state index contributed by atoms with van der Waals surface area (Å²) in [5, 5.41) is 6.20. The maximum atomic E-state index is 13.6. The zero-order chi connectivity index (χ0) is 19.3.